The number of carbonyl (C=O) groups excluding carboxylic acids is 1. The summed E-state index contributed by atoms with van der Waals surface area (Å²) in [6.07, 6.45) is 3.24. The maximum absolute atomic E-state index is 13.3. The SMILES string of the molecule is CC1CCC(NCC(=O)Nc2c(F)cccc2F)C1. The highest BCUT2D eigenvalue weighted by Crippen LogP contribution is 2.24. The molecule has 1 aliphatic rings. The van der Waals surface area contributed by atoms with Crippen LogP contribution in [0.4, 0.5) is 14.5 Å². The summed E-state index contributed by atoms with van der Waals surface area (Å²) in [5, 5.41) is 5.38. The molecule has 0 saturated heterocycles. The number of carbonyl (C=O) groups is 1. The number of hydrogen-bond donors (Lipinski definition) is 2. The van der Waals surface area contributed by atoms with Gasteiger partial charge >= 0.3 is 0 Å². The zero-order chi connectivity index (χ0) is 13.8. The number of para-hydroxylation sites is 1. The van der Waals surface area contributed by atoms with Crippen molar-refractivity contribution in [2.75, 3.05) is 11.9 Å². The first kappa shape index (κ1) is 13.9. The number of rotatable bonds is 4. The van der Waals surface area contributed by atoms with Crippen molar-refractivity contribution < 1.29 is 13.6 Å². The van der Waals surface area contributed by atoms with Crippen LogP contribution in [-0.2, 0) is 4.79 Å². The molecule has 5 heteroatoms. The summed E-state index contributed by atoms with van der Waals surface area (Å²) in [4.78, 5) is 11.6. The van der Waals surface area contributed by atoms with Gasteiger partial charge in [-0.25, -0.2) is 8.78 Å². The van der Waals surface area contributed by atoms with Crippen LogP contribution in [0.15, 0.2) is 18.2 Å². The lowest BCUT2D eigenvalue weighted by atomic mass is 10.1. The van der Waals surface area contributed by atoms with Crippen LogP contribution in [0.1, 0.15) is 26.2 Å². The third kappa shape index (κ3) is 3.73. The summed E-state index contributed by atoms with van der Waals surface area (Å²) >= 11 is 0. The number of hydrogen-bond acceptors (Lipinski definition) is 2. The molecule has 0 bridgehead atoms. The van der Waals surface area contributed by atoms with Crippen LogP contribution in [0, 0.1) is 17.6 Å². The van der Waals surface area contributed by atoms with Gasteiger partial charge in [-0.15, -0.1) is 0 Å². The Labute approximate surface area is 111 Å². The van der Waals surface area contributed by atoms with Gasteiger partial charge in [-0.3, -0.25) is 4.79 Å². The van der Waals surface area contributed by atoms with Crippen LogP contribution < -0.4 is 10.6 Å². The van der Waals surface area contributed by atoms with Crippen molar-refractivity contribution in [3.8, 4) is 0 Å². The molecule has 1 fully saturated rings. The number of halogens is 2. The lowest BCUT2D eigenvalue weighted by Crippen LogP contribution is -2.35. The molecule has 3 nitrogen and oxygen atoms in total. The van der Waals surface area contributed by atoms with Gasteiger partial charge in [0.1, 0.15) is 17.3 Å². The van der Waals surface area contributed by atoms with Crippen molar-refractivity contribution in [2.24, 2.45) is 5.92 Å². The Kier molecular flexibility index (Phi) is 4.47. The standard InChI is InChI=1S/C14H18F2N2O/c1-9-5-6-10(7-9)17-8-13(19)18-14-11(15)3-2-4-12(14)16/h2-4,9-10,17H,5-8H2,1H3,(H,18,19). The van der Waals surface area contributed by atoms with E-state index in [0.29, 0.717) is 12.0 Å². The smallest absolute Gasteiger partial charge is 0.238 e. The molecule has 0 spiro atoms. The first-order chi connectivity index (χ1) is 9.06. The van der Waals surface area contributed by atoms with E-state index in [1.807, 2.05) is 0 Å². The molecular formula is C14H18F2N2O. The summed E-state index contributed by atoms with van der Waals surface area (Å²) in [7, 11) is 0. The van der Waals surface area contributed by atoms with E-state index >= 15 is 0 Å². The normalized spacial score (nSPS) is 22.5. The molecule has 0 heterocycles. The van der Waals surface area contributed by atoms with Gasteiger partial charge in [-0.1, -0.05) is 13.0 Å². The van der Waals surface area contributed by atoms with Gasteiger partial charge in [-0.05, 0) is 37.3 Å². The molecule has 1 aliphatic carbocycles. The van der Waals surface area contributed by atoms with Gasteiger partial charge in [0.25, 0.3) is 0 Å². The van der Waals surface area contributed by atoms with Gasteiger partial charge in [-0.2, -0.15) is 0 Å². The minimum absolute atomic E-state index is 0.0746. The molecule has 2 atom stereocenters. The Hall–Kier alpha value is -1.49. The maximum atomic E-state index is 13.3. The van der Waals surface area contributed by atoms with Crippen molar-refractivity contribution in [3.05, 3.63) is 29.8 Å². The first-order valence-electron chi connectivity index (χ1n) is 6.53. The Morgan fingerprint density at radius 3 is 2.58 bits per heavy atom. The molecule has 2 rings (SSSR count). The molecular weight excluding hydrogens is 250 g/mol. The van der Waals surface area contributed by atoms with Crippen molar-refractivity contribution in [3.63, 3.8) is 0 Å². The number of nitrogens with one attached hydrogen (secondary N) is 2. The number of amides is 1. The maximum Gasteiger partial charge on any atom is 0.238 e. The fraction of sp³-hybridized carbons (Fsp3) is 0.500. The van der Waals surface area contributed by atoms with Crippen molar-refractivity contribution in [1.29, 1.82) is 0 Å². The average Bonchev–Trinajstić information content (AvgIpc) is 2.77. The quantitative estimate of drug-likeness (QED) is 0.881. The van der Waals surface area contributed by atoms with Crippen molar-refractivity contribution in [1.82, 2.24) is 5.32 Å². The fourth-order valence-corrected chi connectivity index (χ4v) is 2.43. The van der Waals surface area contributed by atoms with Gasteiger partial charge in [0.05, 0.1) is 6.54 Å². The Morgan fingerprint density at radius 1 is 1.32 bits per heavy atom. The predicted octanol–water partition coefficient (Wildman–Crippen LogP) is 2.68. The van der Waals surface area contributed by atoms with Crippen molar-refractivity contribution in [2.45, 2.75) is 32.2 Å². The summed E-state index contributed by atoms with van der Waals surface area (Å²) in [6, 6.07) is 3.82. The van der Waals surface area contributed by atoms with Crippen molar-refractivity contribution >= 4 is 11.6 Å². The Balaban J connectivity index is 1.84. The highest BCUT2D eigenvalue weighted by Gasteiger charge is 2.21. The second kappa shape index (κ2) is 6.10. The summed E-state index contributed by atoms with van der Waals surface area (Å²) < 4.78 is 26.7. The highest BCUT2D eigenvalue weighted by atomic mass is 19.1. The molecule has 0 radical (unpaired) electrons. The summed E-state index contributed by atoms with van der Waals surface area (Å²) in [5.74, 6) is -1.28. The lowest BCUT2D eigenvalue weighted by Gasteiger charge is -2.12. The monoisotopic (exact) mass is 268 g/mol. The Bertz CT molecular complexity index is 445. The van der Waals surface area contributed by atoms with E-state index in [4.69, 9.17) is 0 Å². The second-order valence-electron chi connectivity index (χ2n) is 5.14. The minimum atomic E-state index is -0.761. The first-order valence-corrected chi connectivity index (χ1v) is 6.53. The van der Waals surface area contributed by atoms with E-state index in [2.05, 4.69) is 17.6 Å². The average molecular weight is 268 g/mol. The van der Waals surface area contributed by atoms with Gasteiger partial charge in [0.2, 0.25) is 5.91 Å². The fourth-order valence-electron chi connectivity index (χ4n) is 2.43. The van der Waals surface area contributed by atoms with E-state index in [-0.39, 0.29) is 12.2 Å². The van der Waals surface area contributed by atoms with Crippen LogP contribution in [0.3, 0.4) is 0 Å². The van der Waals surface area contributed by atoms with Gasteiger partial charge in [0.15, 0.2) is 0 Å². The molecule has 1 aromatic rings. The van der Waals surface area contributed by atoms with E-state index in [1.165, 1.54) is 6.07 Å². The molecule has 2 unspecified atom stereocenters. The molecule has 1 saturated carbocycles. The summed E-state index contributed by atoms with van der Waals surface area (Å²) in [5.41, 5.74) is -0.380. The zero-order valence-corrected chi connectivity index (χ0v) is 10.9. The molecule has 1 amide bonds. The van der Waals surface area contributed by atoms with Crippen LogP contribution in [0.5, 0.6) is 0 Å². The highest BCUT2D eigenvalue weighted by molar-refractivity contribution is 5.92. The van der Waals surface area contributed by atoms with Gasteiger partial charge in [0, 0.05) is 6.04 Å². The van der Waals surface area contributed by atoms with Crippen LogP contribution >= 0.6 is 0 Å². The molecule has 19 heavy (non-hydrogen) atoms. The van der Waals surface area contributed by atoms with Crippen LogP contribution in [-0.4, -0.2) is 18.5 Å². The molecule has 0 aliphatic heterocycles. The lowest BCUT2D eigenvalue weighted by molar-refractivity contribution is -0.115. The molecule has 0 aromatic heterocycles. The predicted molar refractivity (Wildman–Crippen MR) is 69.8 cm³/mol. The third-order valence-corrected chi connectivity index (χ3v) is 3.47. The van der Waals surface area contributed by atoms with Crippen LogP contribution in [0.2, 0.25) is 0 Å². The zero-order valence-electron chi connectivity index (χ0n) is 10.9. The second-order valence-corrected chi connectivity index (χ2v) is 5.14. The molecule has 2 N–H and O–H groups in total. The summed E-state index contributed by atoms with van der Waals surface area (Å²) in [6.45, 7) is 2.25. The molecule has 104 valence electrons. The van der Waals surface area contributed by atoms with Gasteiger partial charge < -0.3 is 10.6 Å². The third-order valence-electron chi connectivity index (χ3n) is 3.47. The minimum Gasteiger partial charge on any atom is -0.320 e. The van der Waals surface area contributed by atoms with Crippen LogP contribution in [0.25, 0.3) is 0 Å². The number of anilines is 1. The Morgan fingerprint density at radius 2 is 2.00 bits per heavy atom. The topological polar surface area (TPSA) is 41.1 Å². The van der Waals surface area contributed by atoms with E-state index in [1.54, 1.807) is 0 Å². The van der Waals surface area contributed by atoms with E-state index < -0.39 is 17.5 Å². The largest absolute Gasteiger partial charge is 0.320 e. The number of benzene rings is 1. The molecule has 1 aromatic carbocycles. The van der Waals surface area contributed by atoms with E-state index in [0.717, 1.165) is 31.4 Å². The van der Waals surface area contributed by atoms with E-state index in [9.17, 15) is 13.6 Å².